The Morgan fingerprint density at radius 2 is 2.29 bits per heavy atom. The summed E-state index contributed by atoms with van der Waals surface area (Å²) < 4.78 is 5.12. The van der Waals surface area contributed by atoms with Gasteiger partial charge in [0.25, 0.3) is 0 Å². The van der Waals surface area contributed by atoms with Crippen LogP contribution in [0.15, 0.2) is 18.2 Å². The molecule has 1 aliphatic carbocycles. The lowest BCUT2D eigenvalue weighted by molar-refractivity contribution is 0.0524. The van der Waals surface area contributed by atoms with Gasteiger partial charge in [-0.1, -0.05) is 12.1 Å². The SMILES string of the molecule is CCOC(=O)c1cccc2c1CNCC21CC1. The summed E-state index contributed by atoms with van der Waals surface area (Å²) in [6.07, 6.45) is 2.47. The van der Waals surface area contributed by atoms with E-state index in [1.54, 1.807) is 0 Å². The van der Waals surface area contributed by atoms with E-state index in [2.05, 4.69) is 11.4 Å². The third-order valence-electron chi connectivity index (χ3n) is 3.86. The van der Waals surface area contributed by atoms with Crippen LogP contribution in [0.1, 0.15) is 41.3 Å². The van der Waals surface area contributed by atoms with Crippen molar-refractivity contribution in [3.05, 3.63) is 34.9 Å². The average Bonchev–Trinajstić information content (AvgIpc) is 3.10. The van der Waals surface area contributed by atoms with Crippen molar-refractivity contribution in [2.45, 2.75) is 31.7 Å². The summed E-state index contributed by atoms with van der Waals surface area (Å²) in [5.74, 6) is -0.191. The molecule has 3 rings (SSSR count). The van der Waals surface area contributed by atoms with E-state index < -0.39 is 0 Å². The van der Waals surface area contributed by atoms with Crippen LogP contribution in [0.4, 0.5) is 0 Å². The number of benzene rings is 1. The second-order valence-electron chi connectivity index (χ2n) is 4.94. The van der Waals surface area contributed by atoms with E-state index in [1.807, 2.05) is 19.1 Å². The molecule has 1 spiro atoms. The molecule has 1 aromatic rings. The summed E-state index contributed by atoms with van der Waals surface area (Å²) in [5, 5.41) is 3.42. The smallest absolute Gasteiger partial charge is 0.338 e. The second kappa shape index (κ2) is 3.84. The molecule has 0 saturated heterocycles. The summed E-state index contributed by atoms with van der Waals surface area (Å²) in [6.45, 7) is 4.10. The average molecular weight is 231 g/mol. The number of nitrogens with one attached hydrogen (secondary N) is 1. The summed E-state index contributed by atoms with van der Waals surface area (Å²) in [5.41, 5.74) is 3.56. The maximum absolute atomic E-state index is 11.9. The highest BCUT2D eigenvalue weighted by Crippen LogP contribution is 2.50. The van der Waals surface area contributed by atoms with Crippen LogP contribution in [-0.2, 0) is 16.7 Å². The largest absolute Gasteiger partial charge is 0.462 e. The van der Waals surface area contributed by atoms with E-state index in [9.17, 15) is 4.79 Å². The second-order valence-corrected chi connectivity index (χ2v) is 4.94. The predicted molar refractivity (Wildman–Crippen MR) is 65.0 cm³/mol. The number of esters is 1. The van der Waals surface area contributed by atoms with Crippen LogP contribution in [0.25, 0.3) is 0 Å². The molecule has 17 heavy (non-hydrogen) atoms. The van der Waals surface area contributed by atoms with Gasteiger partial charge in [-0.05, 0) is 37.0 Å². The van der Waals surface area contributed by atoms with E-state index in [1.165, 1.54) is 18.4 Å². The summed E-state index contributed by atoms with van der Waals surface area (Å²) in [7, 11) is 0. The normalized spacial score (nSPS) is 19.8. The first-order valence-electron chi connectivity index (χ1n) is 6.27. The number of carbonyl (C=O) groups excluding carboxylic acids is 1. The minimum atomic E-state index is -0.191. The van der Waals surface area contributed by atoms with Gasteiger partial charge >= 0.3 is 5.97 Å². The lowest BCUT2D eigenvalue weighted by Gasteiger charge is -2.27. The fourth-order valence-corrected chi connectivity index (χ4v) is 2.79. The van der Waals surface area contributed by atoms with Crippen LogP contribution in [0.5, 0.6) is 0 Å². The quantitative estimate of drug-likeness (QED) is 0.791. The Bertz CT molecular complexity index is 463. The number of fused-ring (bicyclic) bond motifs is 2. The first kappa shape index (κ1) is 10.8. The lowest BCUT2D eigenvalue weighted by atomic mass is 9.85. The van der Waals surface area contributed by atoms with Crippen LogP contribution >= 0.6 is 0 Å². The van der Waals surface area contributed by atoms with E-state index in [-0.39, 0.29) is 5.97 Å². The number of carbonyl (C=O) groups is 1. The van der Waals surface area contributed by atoms with Gasteiger partial charge in [0.05, 0.1) is 12.2 Å². The summed E-state index contributed by atoms with van der Waals surface area (Å²) in [6, 6.07) is 6.03. The zero-order valence-electron chi connectivity index (χ0n) is 10.1. The predicted octanol–water partition coefficient (Wildman–Crippen LogP) is 2.00. The lowest BCUT2D eigenvalue weighted by Crippen LogP contribution is -2.34. The highest BCUT2D eigenvalue weighted by molar-refractivity contribution is 5.91. The van der Waals surface area contributed by atoms with Gasteiger partial charge in [0.2, 0.25) is 0 Å². The number of ether oxygens (including phenoxy) is 1. The molecular formula is C14H17NO2. The maximum atomic E-state index is 11.9. The zero-order valence-corrected chi connectivity index (χ0v) is 10.1. The summed E-state index contributed by atoms with van der Waals surface area (Å²) in [4.78, 5) is 11.9. The zero-order chi connectivity index (χ0) is 11.9. The van der Waals surface area contributed by atoms with E-state index in [0.717, 1.165) is 24.2 Å². The van der Waals surface area contributed by atoms with E-state index in [0.29, 0.717) is 12.0 Å². The van der Waals surface area contributed by atoms with Gasteiger partial charge in [0, 0.05) is 18.5 Å². The molecule has 0 amide bonds. The van der Waals surface area contributed by atoms with Crippen molar-refractivity contribution in [2.75, 3.05) is 13.2 Å². The van der Waals surface area contributed by atoms with Gasteiger partial charge in [-0.2, -0.15) is 0 Å². The molecule has 1 heterocycles. The maximum Gasteiger partial charge on any atom is 0.338 e. The number of hydrogen-bond donors (Lipinski definition) is 1. The Morgan fingerprint density at radius 3 is 3.00 bits per heavy atom. The Morgan fingerprint density at radius 1 is 1.47 bits per heavy atom. The molecule has 1 fully saturated rings. The Kier molecular flexibility index (Phi) is 2.44. The molecule has 3 nitrogen and oxygen atoms in total. The molecule has 2 aliphatic rings. The van der Waals surface area contributed by atoms with Gasteiger partial charge in [-0.3, -0.25) is 0 Å². The highest BCUT2D eigenvalue weighted by atomic mass is 16.5. The molecule has 1 saturated carbocycles. The number of rotatable bonds is 2. The Hall–Kier alpha value is -1.35. The first-order valence-corrected chi connectivity index (χ1v) is 6.27. The van der Waals surface area contributed by atoms with Crippen LogP contribution in [-0.4, -0.2) is 19.1 Å². The van der Waals surface area contributed by atoms with Crippen LogP contribution in [0, 0.1) is 0 Å². The van der Waals surface area contributed by atoms with E-state index in [4.69, 9.17) is 4.74 Å². The molecule has 1 N–H and O–H groups in total. The molecule has 0 bridgehead atoms. The van der Waals surface area contributed by atoms with E-state index >= 15 is 0 Å². The van der Waals surface area contributed by atoms with Crippen molar-refractivity contribution >= 4 is 5.97 Å². The number of hydrogen-bond acceptors (Lipinski definition) is 3. The van der Waals surface area contributed by atoms with Crippen molar-refractivity contribution < 1.29 is 9.53 Å². The monoisotopic (exact) mass is 231 g/mol. The molecular weight excluding hydrogens is 214 g/mol. The van der Waals surface area contributed by atoms with Crippen molar-refractivity contribution in [3.8, 4) is 0 Å². The highest BCUT2D eigenvalue weighted by Gasteiger charge is 2.47. The van der Waals surface area contributed by atoms with Gasteiger partial charge in [-0.25, -0.2) is 4.79 Å². The van der Waals surface area contributed by atoms with Crippen LogP contribution in [0.2, 0.25) is 0 Å². The van der Waals surface area contributed by atoms with Gasteiger partial charge < -0.3 is 10.1 Å². The third kappa shape index (κ3) is 1.65. The Balaban J connectivity index is 2.04. The molecule has 0 aromatic heterocycles. The van der Waals surface area contributed by atoms with Crippen molar-refractivity contribution in [1.82, 2.24) is 5.32 Å². The first-order chi connectivity index (χ1) is 8.27. The third-order valence-corrected chi connectivity index (χ3v) is 3.86. The summed E-state index contributed by atoms with van der Waals surface area (Å²) >= 11 is 0. The molecule has 3 heteroatoms. The molecule has 0 unspecified atom stereocenters. The van der Waals surface area contributed by atoms with Crippen molar-refractivity contribution in [1.29, 1.82) is 0 Å². The standard InChI is InChI=1S/C14H17NO2/c1-2-17-13(16)10-4-3-5-12-11(10)8-15-9-14(12)6-7-14/h3-5,15H,2,6-9H2,1H3. The molecule has 0 atom stereocenters. The minimum Gasteiger partial charge on any atom is -0.462 e. The fourth-order valence-electron chi connectivity index (χ4n) is 2.79. The van der Waals surface area contributed by atoms with Crippen molar-refractivity contribution in [2.24, 2.45) is 0 Å². The van der Waals surface area contributed by atoms with Crippen LogP contribution in [0.3, 0.4) is 0 Å². The minimum absolute atomic E-state index is 0.191. The van der Waals surface area contributed by atoms with Gasteiger partial charge in [0.1, 0.15) is 0 Å². The molecule has 1 aromatic carbocycles. The molecule has 0 radical (unpaired) electrons. The van der Waals surface area contributed by atoms with Crippen LogP contribution < -0.4 is 5.32 Å². The van der Waals surface area contributed by atoms with Crippen molar-refractivity contribution in [3.63, 3.8) is 0 Å². The molecule has 90 valence electrons. The van der Waals surface area contributed by atoms with Gasteiger partial charge in [0.15, 0.2) is 0 Å². The van der Waals surface area contributed by atoms with Gasteiger partial charge in [-0.15, -0.1) is 0 Å². The topological polar surface area (TPSA) is 38.3 Å². The fraction of sp³-hybridized carbons (Fsp3) is 0.500. The molecule has 1 aliphatic heterocycles. The Labute approximate surface area is 101 Å².